The van der Waals surface area contributed by atoms with Crippen molar-refractivity contribution in [2.75, 3.05) is 13.6 Å². The van der Waals surface area contributed by atoms with Crippen LogP contribution in [-0.2, 0) is 11.3 Å². The molecule has 0 radical (unpaired) electrons. The van der Waals surface area contributed by atoms with Crippen molar-refractivity contribution < 1.29 is 4.79 Å². The third kappa shape index (κ3) is 4.38. The lowest BCUT2D eigenvalue weighted by Gasteiger charge is -2.23. The van der Waals surface area contributed by atoms with Gasteiger partial charge in [0.25, 0.3) is 0 Å². The van der Waals surface area contributed by atoms with E-state index in [0.29, 0.717) is 19.0 Å². The Hall–Kier alpha value is -0.940. The molecule has 1 atom stereocenters. The minimum atomic E-state index is -0.0743. The second-order valence-corrected chi connectivity index (χ2v) is 6.18. The maximum absolute atomic E-state index is 12.2. The predicted molar refractivity (Wildman–Crippen MR) is 75.3 cm³/mol. The number of thiazole rings is 1. The highest BCUT2D eigenvalue weighted by Gasteiger charge is 2.22. The van der Waals surface area contributed by atoms with Crippen LogP contribution in [0.2, 0.25) is 0 Å². The fourth-order valence-corrected chi connectivity index (χ4v) is 2.58. The molecule has 1 heterocycles. The molecule has 2 N–H and O–H groups in total. The summed E-state index contributed by atoms with van der Waals surface area (Å²) in [6, 6.07) is 0. The molecule has 1 aromatic heterocycles. The smallest absolute Gasteiger partial charge is 0.227 e. The first-order valence-electron chi connectivity index (χ1n) is 6.30. The Morgan fingerprint density at radius 1 is 1.56 bits per heavy atom. The van der Waals surface area contributed by atoms with E-state index in [0.717, 1.165) is 17.1 Å². The van der Waals surface area contributed by atoms with Crippen LogP contribution in [0.1, 0.15) is 31.0 Å². The van der Waals surface area contributed by atoms with Gasteiger partial charge in [-0.25, -0.2) is 4.98 Å². The summed E-state index contributed by atoms with van der Waals surface area (Å²) in [4.78, 5) is 18.3. The number of carbonyl (C=O) groups is 1. The first kappa shape index (κ1) is 15.1. The van der Waals surface area contributed by atoms with Gasteiger partial charge in [-0.3, -0.25) is 4.79 Å². The molecule has 0 aliphatic carbocycles. The van der Waals surface area contributed by atoms with Crippen LogP contribution in [0.25, 0.3) is 0 Å². The fraction of sp³-hybridized carbons (Fsp3) is 0.692. The Kier molecular flexibility index (Phi) is 5.75. The SMILES string of the molecule is Cc1nc(CN(C)C(=O)C(CN)CC(C)C)cs1. The highest BCUT2D eigenvalue weighted by molar-refractivity contribution is 7.09. The van der Waals surface area contributed by atoms with Gasteiger partial charge in [-0.15, -0.1) is 11.3 Å². The molecule has 1 rings (SSSR count). The fourth-order valence-electron chi connectivity index (χ4n) is 1.98. The number of amides is 1. The van der Waals surface area contributed by atoms with Gasteiger partial charge in [0.05, 0.1) is 23.2 Å². The van der Waals surface area contributed by atoms with E-state index in [-0.39, 0.29) is 11.8 Å². The highest BCUT2D eigenvalue weighted by atomic mass is 32.1. The number of nitrogens with two attached hydrogens (primary N) is 1. The van der Waals surface area contributed by atoms with Crippen LogP contribution in [-0.4, -0.2) is 29.4 Å². The summed E-state index contributed by atoms with van der Waals surface area (Å²) in [6.07, 6.45) is 0.843. The number of carbonyl (C=O) groups excluding carboxylic acids is 1. The van der Waals surface area contributed by atoms with Crippen LogP contribution in [0.15, 0.2) is 5.38 Å². The standard InChI is InChI=1S/C13H23N3OS/c1-9(2)5-11(6-14)13(17)16(4)7-12-8-18-10(3)15-12/h8-9,11H,5-7,14H2,1-4H3. The molecule has 102 valence electrons. The quantitative estimate of drug-likeness (QED) is 0.859. The van der Waals surface area contributed by atoms with E-state index in [9.17, 15) is 4.79 Å². The van der Waals surface area contributed by atoms with Gasteiger partial charge >= 0.3 is 0 Å². The second kappa shape index (κ2) is 6.85. The lowest BCUT2D eigenvalue weighted by Crippen LogP contribution is -2.37. The molecule has 0 fully saturated rings. The molecular formula is C13H23N3OS. The van der Waals surface area contributed by atoms with E-state index in [1.54, 1.807) is 16.2 Å². The Labute approximate surface area is 113 Å². The monoisotopic (exact) mass is 269 g/mol. The second-order valence-electron chi connectivity index (χ2n) is 5.11. The predicted octanol–water partition coefficient (Wildman–Crippen LogP) is 2.03. The summed E-state index contributed by atoms with van der Waals surface area (Å²) < 4.78 is 0. The van der Waals surface area contributed by atoms with Crippen molar-refractivity contribution in [1.29, 1.82) is 0 Å². The molecule has 5 heteroatoms. The molecule has 1 aromatic rings. The van der Waals surface area contributed by atoms with Crippen molar-refractivity contribution in [1.82, 2.24) is 9.88 Å². The number of nitrogens with zero attached hydrogens (tertiary/aromatic N) is 2. The van der Waals surface area contributed by atoms with Gasteiger partial charge in [-0.1, -0.05) is 13.8 Å². The Balaban J connectivity index is 2.59. The van der Waals surface area contributed by atoms with Gasteiger partial charge in [0.1, 0.15) is 0 Å². The molecular weight excluding hydrogens is 246 g/mol. The maximum Gasteiger partial charge on any atom is 0.227 e. The Bertz CT molecular complexity index is 389. The summed E-state index contributed by atoms with van der Waals surface area (Å²) in [5.74, 6) is 0.531. The first-order valence-corrected chi connectivity index (χ1v) is 7.18. The zero-order valence-electron chi connectivity index (χ0n) is 11.6. The average Bonchev–Trinajstić information content (AvgIpc) is 2.70. The zero-order valence-corrected chi connectivity index (χ0v) is 12.5. The molecule has 4 nitrogen and oxygen atoms in total. The van der Waals surface area contributed by atoms with Gasteiger partial charge in [-0.2, -0.15) is 0 Å². The van der Waals surface area contributed by atoms with E-state index in [1.807, 2.05) is 19.4 Å². The molecule has 18 heavy (non-hydrogen) atoms. The summed E-state index contributed by atoms with van der Waals surface area (Å²) >= 11 is 1.61. The molecule has 0 aromatic carbocycles. The number of aromatic nitrogens is 1. The lowest BCUT2D eigenvalue weighted by molar-refractivity contribution is -0.135. The van der Waals surface area contributed by atoms with Gasteiger partial charge < -0.3 is 10.6 Å². The molecule has 1 unspecified atom stereocenters. The number of rotatable bonds is 6. The van der Waals surface area contributed by atoms with Crippen molar-refractivity contribution in [2.24, 2.45) is 17.6 Å². The molecule has 1 amide bonds. The molecule has 0 saturated carbocycles. The van der Waals surface area contributed by atoms with Gasteiger partial charge in [0, 0.05) is 19.0 Å². The van der Waals surface area contributed by atoms with Gasteiger partial charge in [-0.05, 0) is 19.3 Å². The van der Waals surface area contributed by atoms with Crippen LogP contribution in [0.4, 0.5) is 0 Å². The lowest BCUT2D eigenvalue weighted by atomic mass is 9.96. The van der Waals surface area contributed by atoms with Crippen molar-refractivity contribution >= 4 is 17.2 Å². The van der Waals surface area contributed by atoms with Crippen LogP contribution >= 0.6 is 11.3 Å². The summed E-state index contributed by atoms with van der Waals surface area (Å²) in [5, 5.41) is 3.03. The summed E-state index contributed by atoms with van der Waals surface area (Å²) in [7, 11) is 1.82. The van der Waals surface area contributed by atoms with E-state index in [2.05, 4.69) is 18.8 Å². The van der Waals surface area contributed by atoms with Crippen LogP contribution in [0.5, 0.6) is 0 Å². The van der Waals surface area contributed by atoms with Crippen LogP contribution in [0, 0.1) is 18.8 Å². The van der Waals surface area contributed by atoms with Gasteiger partial charge in [0.2, 0.25) is 5.91 Å². The van der Waals surface area contributed by atoms with E-state index in [4.69, 9.17) is 5.73 Å². The Morgan fingerprint density at radius 2 is 2.22 bits per heavy atom. The maximum atomic E-state index is 12.2. The largest absolute Gasteiger partial charge is 0.340 e. The van der Waals surface area contributed by atoms with E-state index >= 15 is 0 Å². The third-order valence-electron chi connectivity index (χ3n) is 2.83. The molecule has 0 aliphatic heterocycles. The summed E-state index contributed by atoms with van der Waals surface area (Å²) in [6.45, 7) is 7.17. The topological polar surface area (TPSA) is 59.2 Å². The van der Waals surface area contributed by atoms with Crippen LogP contribution in [0.3, 0.4) is 0 Å². The minimum absolute atomic E-state index is 0.0743. The molecule has 0 saturated heterocycles. The highest BCUT2D eigenvalue weighted by Crippen LogP contribution is 2.15. The average molecular weight is 269 g/mol. The van der Waals surface area contributed by atoms with E-state index in [1.165, 1.54) is 0 Å². The third-order valence-corrected chi connectivity index (χ3v) is 3.65. The first-order chi connectivity index (χ1) is 8.43. The van der Waals surface area contributed by atoms with Crippen molar-refractivity contribution in [2.45, 2.75) is 33.7 Å². The molecule has 0 bridgehead atoms. The number of hydrogen-bond donors (Lipinski definition) is 1. The van der Waals surface area contributed by atoms with Crippen LogP contribution < -0.4 is 5.73 Å². The normalized spacial score (nSPS) is 12.8. The molecule has 0 aliphatic rings. The van der Waals surface area contributed by atoms with Crippen molar-refractivity contribution in [3.8, 4) is 0 Å². The molecule has 0 spiro atoms. The minimum Gasteiger partial charge on any atom is -0.340 e. The van der Waals surface area contributed by atoms with Crippen molar-refractivity contribution in [3.63, 3.8) is 0 Å². The van der Waals surface area contributed by atoms with E-state index < -0.39 is 0 Å². The summed E-state index contributed by atoms with van der Waals surface area (Å²) in [5.41, 5.74) is 6.65. The van der Waals surface area contributed by atoms with Gasteiger partial charge in [0.15, 0.2) is 0 Å². The Morgan fingerprint density at radius 3 is 2.67 bits per heavy atom. The van der Waals surface area contributed by atoms with Crippen molar-refractivity contribution in [3.05, 3.63) is 16.1 Å². The number of hydrogen-bond acceptors (Lipinski definition) is 4. The number of aryl methyl sites for hydroxylation is 1. The zero-order chi connectivity index (χ0) is 13.7.